The minimum absolute atomic E-state index is 0.0000746. The maximum Gasteiger partial charge on any atom is 0.309 e. The fraction of sp³-hybridized carbons (Fsp3) is 0.655. The highest BCUT2D eigenvalue weighted by atomic mass is 16.4. The Bertz CT molecular complexity index is 1100. The van der Waals surface area contributed by atoms with Crippen molar-refractivity contribution in [3.05, 3.63) is 46.3 Å². The summed E-state index contributed by atoms with van der Waals surface area (Å²) in [7, 11) is 0. The van der Waals surface area contributed by atoms with Crippen molar-refractivity contribution in [2.24, 2.45) is 33.0 Å². The zero-order chi connectivity index (χ0) is 24.2. The summed E-state index contributed by atoms with van der Waals surface area (Å²) in [6.07, 6.45) is 12.7. The smallest absolute Gasteiger partial charge is 0.309 e. The van der Waals surface area contributed by atoms with Crippen molar-refractivity contribution in [3.63, 3.8) is 0 Å². The van der Waals surface area contributed by atoms with Crippen LogP contribution in [0.25, 0.3) is 0 Å². The third-order valence-electron chi connectivity index (χ3n) is 11.4. The molecule has 0 aromatic heterocycles. The van der Waals surface area contributed by atoms with E-state index in [2.05, 4.69) is 39.8 Å². The summed E-state index contributed by atoms with van der Waals surface area (Å²) >= 11 is 0. The van der Waals surface area contributed by atoms with Crippen molar-refractivity contribution in [1.82, 2.24) is 0 Å². The van der Waals surface area contributed by atoms with Gasteiger partial charge in [0.2, 0.25) is 5.78 Å². The molecule has 0 saturated heterocycles. The van der Waals surface area contributed by atoms with E-state index in [0.29, 0.717) is 11.5 Å². The van der Waals surface area contributed by atoms with Crippen LogP contribution >= 0.6 is 0 Å². The van der Waals surface area contributed by atoms with Crippen molar-refractivity contribution in [3.8, 4) is 0 Å². The molecule has 2 N–H and O–H groups in total. The number of rotatable bonds is 1. The van der Waals surface area contributed by atoms with E-state index in [4.69, 9.17) is 0 Å². The van der Waals surface area contributed by atoms with Crippen molar-refractivity contribution in [2.45, 2.75) is 86.5 Å². The van der Waals surface area contributed by atoms with Gasteiger partial charge in [-0.05, 0) is 98.2 Å². The highest BCUT2D eigenvalue weighted by Gasteiger charge is 2.67. The van der Waals surface area contributed by atoms with Gasteiger partial charge < -0.3 is 10.2 Å². The van der Waals surface area contributed by atoms with E-state index >= 15 is 0 Å². The van der Waals surface area contributed by atoms with Gasteiger partial charge >= 0.3 is 5.97 Å². The Morgan fingerprint density at radius 3 is 2.30 bits per heavy atom. The molecule has 0 aromatic carbocycles. The van der Waals surface area contributed by atoms with E-state index in [9.17, 15) is 19.8 Å². The Kier molecular flexibility index (Phi) is 4.48. The van der Waals surface area contributed by atoms with E-state index in [-0.39, 0.29) is 33.2 Å². The molecule has 3 saturated carbocycles. The molecule has 0 bridgehead atoms. The Morgan fingerprint density at radius 2 is 1.64 bits per heavy atom. The van der Waals surface area contributed by atoms with Crippen LogP contribution in [0, 0.1) is 33.0 Å². The Balaban J connectivity index is 1.64. The number of carbonyl (C=O) groups excluding carboxylic acids is 1. The third kappa shape index (κ3) is 2.64. The fourth-order valence-corrected chi connectivity index (χ4v) is 8.65. The van der Waals surface area contributed by atoms with Crippen LogP contribution < -0.4 is 0 Å². The van der Waals surface area contributed by atoms with Crippen LogP contribution in [-0.2, 0) is 9.59 Å². The maximum absolute atomic E-state index is 12.6. The highest BCUT2D eigenvalue weighted by Crippen LogP contribution is 2.75. The van der Waals surface area contributed by atoms with Crippen molar-refractivity contribution in [1.29, 1.82) is 0 Å². The van der Waals surface area contributed by atoms with Crippen LogP contribution in [0.5, 0.6) is 0 Å². The number of hydrogen-bond acceptors (Lipinski definition) is 3. The van der Waals surface area contributed by atoms with Crippen molar-refractivity contribution in [2.75, 3.05) is 0 Å². The van der Waals surface area contributed by atoms with Crippen molar-refractivity contribution >= 4 is 11.8 Å². The number of aliphatic carboxylic acids is 1. The van der Waals surface area contributed by atoms with Gasteiger partial charge in [0, 0.05) is 11.0 Å². The largest absolute Gasteiger partial charge is 0.504 e. The highest BCUT2D eigenvalue weighted by molar-refractivity contribution is 6.06. The summed E-state index contributed by atoms with van der Waals surface area (Å²) in [6.45, 7) is 13.3. The molecule has 6 atom stereocenters. The van der Waals surface area contributed by atoms with Crippen LogP contribution in [0.1, 0.15) is 86.5 Å². The molecule has 1 unspecified atom stereocenters. The number of ketones is 1. The molecule has 0 aromatic rings. The summed E-state index contributed by atoms with van der Waals surface area (Å²) in [4.78, 5) is 24.8. The first-order chi connectivity index (χ1) is 15.2. The summed E-state index contributed by atoms with van der Waals surface area (Å²) in [5, 5.41) is 20.3. The quantitative estimate of drug-likeness (QED) is 0.466. The number of carboxylic acids is 1. The van der Waals surface area contributed by atoms with Gasteiger partial charge in [-0.1, -0.05) is 45.4 Å². The second kappa shape index (κ2) is 6.52. The predicted molar refractivity (Wildman–Crippen MR) is 129 cm³/mol. The average molecular weight is 451 g/mol. The minimum atomic E-state index is -0.655. The first-order valence-electron chi connectivity index (χ1n) is 12.6. The van der Waals surface area contributed by atoms with Gasteiger partial charge in [0.25, 0.3) is 0 Å². The molecule has 0 spiro atoms. The molecule has 5 aliphatic carbocycles. The fourth-order valence-electron chi connectivity index (χ4n) is 8.65. The van der Waals surface area contributed by atoms with E-state index in [1.807, 2.05) is 13.8 Å². The lowest BCUT2D eigenvalue weighted by molar-refractivity contribution is -0.178. The van der Waals surface area contributed by atoms with Crippen molar-refractivity contribution < 1.29 is 19.8 Å². The molecule has 5 rings (SSSR count). The molecular formula is C29H38O4. The van der Waals surface area contributed by atoms with E-state index < -0.39 is 11.4 Å². The molecule has 178 valence electrons. The molecule has 0 amide bonds. The van der Waals surface area contributed by atoms with E-state index in [0.717, 1.165) is 56.1 Å². The lowest BCUT2D eigenvalue weighted by Gasteiger charge is -2.70. The molecule has 5 aliphatic rings. The van der Waals surface area contributed by atoms with Gasteiger partial charge in [-0.15, -0.1) is 0 Å². The SMILES string of the molecule is CC1=C(O)C(=O)C=C2C1=CC=C1[C@@]2(C)CC[C@@]2(C)C3C[C@](C)(C(=O)O)CC[C@]3(C)CC[C@]12C. The minimum Gasteiger partial charge on any atom is -0.504 e. The number of aliphatic hydroxyl groups is 1. The average Bonchev–Trinajstić information content (AvgIpc) is 2.75. The number of allylic oxidation sites excluding steroid dienone is 7. The molecule has 0 radical (unpaired) electrons. The second-order valence-electron chi connectivity index (χ2n) is 12.9. The van der Waals surface area contributed by atoms with Gasteiger partial charge in [-0.3, -0.25) is 9.59 Å². The van der Waals surface area contributed by atoms with Crippen LogP contribution in [0.15, 0.2) is 46.3 Å². The molecule has 0 heterocycles. The van der Waals surface area contributed by atoms with Gasteiger partial charge in [0.15, 0.2) is 5.76 Å². The van der Waals surface area contributed by atoms with Crippen LogP contribution in [0.2, 0.25) is 0 Å². The van der Waals surface area contributed by atoms with Gasteiger partial charge in [0.1, 0.15) is 0 Å². The summed E-state index contributed by atoms with van der Waals surface area (Å²) < 4.78 is 0. The molecule has 3 fully saturated rings. The summed E-state index contributed by atoms with van der Waals surface area (Å²) in [5.41, 5.74) is 3.33. The Morgan fingerprint density at radius 1 is 0.970 bits per heavy atom. The normalized spacial score (nSPS) is 46.8. The first-order valence-corrected chi connectivity index (χ1v) is 12.6. The predicted octanol–water partition coefficient (Wildman–Crippen LogP) is 6.70. The Labute approximate surface area is 197 Å². The topological polar surface area (TPSA) is 74.6 Å². The second-order valence-corrected chi connectivity index (χ2v) is 12.9. The van der Waals surface area contributed by atoms with Gasteiger partial charge in [-0.2, -0.15) is 0 Å². The monoisotopic (exact) mass is 450 g/mol. The van der Waals surface area contributed by atoms with E-state index in [1.54, 1.807) is 6.08 Å². The number of carboxylic acid groups (broad SMARTS) is 1. The van der Waals surface area contributed by atoms with Gasteiger partial charge in [0.05, 0.1) is 5.41 Å². The summed E-state index contributed by atoms with van der Waals surface area (Å²) in [6, 6.07) is 0. The number of hydrogen-bond donors (Lipinski definition) is 2. The maximum atomic E-state index is 12.6. The molecule has 4 heteroatoms. The van der Waals surface area contributed by atoms with Crippen LogP contribution in [0.4, 0.5) is 0 Å². The lowest BCUT2D eigenvalue weighted by Crippen LogP contribution is -2.62. The number of carbonyl (C=O) groups is 2. The van der Waals surface area contributed by atoms with Crippen LogP contribution in [-0.4, -0.2) is 22.0 Å². The number of fused-ring (bicyclic) bond motifs is 7. The molecule has 0 aliphatic heterocycles. The molecular weight excluding hydrogens is 412 g/mol. The standard InChI is InChI=1S/C29H38O4/c1-17-18-7-8-21-27(4,19(18)15-20(30)23(17)31)12-14-29(6)22-16-26(3,24(32)33)10-9-25(22,2)11-13-28(21,29)5/h7-8,15,22,31H,9-14,16H2,1-6H3,(H,32,33)/t22?,25-,26-,27+,28-,29+/m1/s1. The molecule has 4 nitrogen and oxygen atoms in total. The van der Waals surface area contributed by atoms with Gasteiger partial charge in [-0.25, -0.2) is 0 Å². The zero-order valence-corrected chi connectivity index (χ0v) is 21.0. The molecule has 33 heavy (non-hydrogen) atoms. The number of aliphatic hydroxyl groups excluding tert-OH is 1. The Hall–Kier alpha value is -2.10. The zero-order valence-electron chi connectivity index (χ0n) is 21.0. The van der Waals surface area contributed by atoms with E-state index in [1.165, 1.54) is 5.57 Å². The first kappa shape index (κ1) is 22.7. The lowest BCUT2D eigenvalue weighted by atomic mass is 9.34. The summed E-state index contributed by atoms with van der Waals surface area (Å²) in [5.74, 6) is -0.734. The van der Waals surface area contributed by atoms with Crippen LogP contribution in [0.3, 0.4) is 0 Å². The third-order valence-corrected chi connectivity index (χ3v) is 11.4.